The van der Waals surface area contributed by atoms with Crippen molar-refractivity contribution in [3.63, 3.8) is 0 Å². The molecule has 2 N–H and O–H groups in total. The molecule has 1 rings (SSSR count). The van der Waals surface area contributed by atoms with Crippen LogP contribution in [-0.4, -0.2) is 7.11 Å². The van der Waals surface area contributed by atoms with Gasteiger partial charge in [0.1, 0.15) is 11.6 Å². The number of benzene rings is 1. The predicted octanol–water partition coefficient (Wildman–Crippen LogP) is 2.16. The van der Waals surface area contributed by atoms with Gasteiger partial charge in [-0.2, -0.15) is 0 Å². The van der Waals surface area contributed by atoms with E-state index in [2.05, 4.69) is 0 Å². The zero-order valence-corrected chi connectivity index (χ0v) is 8.10. The molecule has 0 aromatic heterocycles. The molecule has 0 amide bonds. The highest BCUT2D eigenvalue weighted by Crippen LogP contribution is 2.26. The van der Waals surface area contributed by atoms with Crippen LogP contribution in [0.3, 0.4) is 0 Å². The first kappa shape index (κ1) is 9.99. The number of aryl methyl sites for hydroxylation is 1. The van der Waals surface area contributed by atoms with E-state index in [0.717, 1.165) is 0 Å². The van der Waals surface area contributed by atoms with Crippen molar-refractivity contribution in [1.29, 1.82) is 0 Å². The third-order valence-electron chi connectivity index (χ3n) is 2.00. The van der Waals surface area contributed by atoms with Crippen molar-refractivity contribution in [1.82, 2.24) is 0 Å². The van der Waals surface area contributed by atoms with Crippen molar-refractivity contribution < 1.29 is 9.13 Å². The van der Waals surface area contributed by atoms with Crippen LogP contribution in [0.4, 0.5) is 4.39 Å². The molecule has 0 spiro atoms. The van der Waals surface area contributed by atoms with Gasteiger partial charge in [0.2, 0.25) is 0 Å². The fourth-order valence-electron chi connectivity index (χ4n) is 1.20. The highest BCUT2D eigenvalue weighted by Gasteiger charge is 2.10. The molecular formula is C10H14FNO. The monoisotopic (exact) mass is 183 g/mol. The quantitative estimate of drug-likeness (QED) is 0.762. The summed E-state index contributed by atoms with van der Waals surface area (Å²) in [7, 11) is 1.55. The van der Waals surface area contributed by atoms with Gasteiger partial charge in [0.05, 0.1) is 7.11 Å². The van der Waals surface area contributed by atoms with Crippen LogP contribution in [0.5, 0.6) is 5.75 Å². The van der Waals surface area contributed by atoms with E-state index in [1.807, 2.05) is 0 Å². The highest BCUT2D eigenvalue weighted by molar-refractivity contribution is 5.39. The van der Waals surface area contributed by atoms with Gasteiger partial charge in [-0.15, -0.1) is 0 Å². The Bertz CT molecular complexity index is 310. The molecule has 0 saturated carbocycles. The zero-order chi connectivity index (χ0) is 10.0. The van der Waals surface area contributed by atoms with Crippen molar-refractivity contribution in [3.8, 4) is 5.75 Å². The van der Waals surface area contributed by atoms with Gasteiger partial charge in [0.15, 0.2) is 0 Å². The van der Waals surface area contributed by atoms with E-state index in [-0.39, 0.29) is 11.9 Å². The normalized spacial score (nSPS) is 12.7. The summed E-state index contributed by atoms with van der Waals surface area (Å²) in [6, 6.07) is 2.87. The standard InChI is InChI=1S/C10H14FNO/c1-6-4-10(13-3)8(7(2)12)5-9(6)11/h4-5,7H,12H2,1-3H3/t7-/m1/s1. The van der Waals surface area contributed by atoms with Crippen LogP contribution >= 0.6 is 0 Å². The third kappa shape index (κ3) is 1.98. The predicted molar refractivity (Wildman–Crippen MR) is 50.3 cm³/mol. The Kier molecular flexibility index (Phi) is 2.88. The number of methoxy groups -OCH3 is 1. The molecule has 0 fully saturated rings. The lowest BCUT2D eigenvalue weighted by atomic mass is 10.1. The number of ether oxygens (including phenoxy) is 1. The van der Waals surface area contributed by atoms with Crippen molar-refractivity contribution in [3.05, 3.63) is 29.1 Å². The lowest BCUT2D eigenvalue weighted by Gasteiger charge is -2.12. The number of halogens is 1. The first-order valence-electron chi connectivity index (χ1n) is 4.16. The van der Waals surface area contributed by atoms with E-state index in [0.29, 0.717) is 16.9 Å². The minimum atomic E-state index is -0.242. The molecule has 0 saturated heterocycles. The highest BCUT2D eigenvalue weighted by atomic mass is 19.1. The van der Waals surface area contributed by atoms with Gasteiger partial charge in [0, 0.05) is 11.6 Å². The molecule has 3 heteroatoms. The lowest BCUT2D eigenvalue weighted by Crippen LogP contribution is -2.08. The number of hydrogen-bond donors (Lipinski definition) is 1. The average molecular weight is 183 g/mol. The summed E-state index contributed by atoms with van der Waals surface area (Å²) in [6.45, 7) is 3.50. The summed E-state index contributed by atoms with van der Waals surface area (Å²) < 4.78 is 18.2. The van der Waals surface area contributed by atoms with Crippen LogP contribution in [0, 0.1) is 12.7 Å². The second kappa shape index (κ2) is 3.75. The van der Waals surface area contributed by atoms with Crippen molar-refractivity contribution in [2.45, 2.75) is 19.9 Å². The van der Waals surface area contributed by atoms with Gasteiger partial charge in [-0.1, -0.05) is 0 Å². The van der Waals surface area contributed by atoms with Crippen molar-refractivity contribution in [2.24, 2.45) is 5.73 Å². The smallest absolute Gasteiger partial charge is 0.126 e. The number of rotatable bonds is 2. The van der Waals surface area contributed by atoms with Gasteiger partial charge in [-0.05, 0) is 31.5 Å². The second-order valence-electron chi connectivity index (χ2n) is 3.13. The Morgan fingerprint density at radius 3 is 2.54 bits per heavy atom. The first-order chi connectivity index (χ1) is 6.06. The van der Waals surface area contributed by atoms with E-state index >= 15 is 0 Å². The molecule has 13 heavy (non-hydrogen) atoms. The van der Waals surface area contributed by atoms with Crippen molar-refractivity contribution >= 4 is 0 Å². The molecule has 2 nitrogen and oxygen atoms in total. The maximum absolute atomic E-state index is 13.1. The summed E-state index contributed by atoms with van der Waals surface area (Å²) in [5.74, 6) is 0.405. The Hall–Kier alpha value is -1.09. The Labute approximate surface area is 77.5 Å². The zero-order valence-electron chi connectivity index (χ0n) is 8.10. The summed E-state index contributed by atoms with van der Waals surface area (Å²) >= 11 is 0. The molecule has 0 bridgehead atoms. The Morgan fingerprint density at radius 1 is 1.46 bits per heavy atom. The van der Waals surface area contributed by atoms with Crippen LogP contribution in [0.1, 0.15) is 24.1 Å². The molecule has 0 aliphatic carbocycles. The molecule has 0 aliphatic heterocycles. The maximum atomic E-state index is 13.1. The molecule has 0 unspecified atom stereocenters. The van der Waals surface area contributed by atoms with Gasteiger partial charge in [0.25, 0.3) is 0 Å². The van der Waals surface area contributed by atoms with Gasteiger partial charge in [-0.25, -0.2) is 4.39 Å². The largest absolute Gasteiger partial charge is 0.496 e. The van der Waals surface area contributed by atoms with Gasteiger partial charge in [-0.3, -0.25) is 0 Å². The number of nitrogens with two attached hydrogens (primary N) is 1. The summed E-state index contributed by atoms with van der Waals surface area (Å²) in [5.41, 5.74) is 6.93. The summed E-state index contributed by atoms with van der Waals surface area (Å²) in [6.07, 6.45) is 0. The molecule has 1 atom stereocenters. The summed E-state index contributed by atoms with van der Waals surface area (Å²) in [5, 5.41) is 0. The Balaban J connectivity index is 3.25. The molecule has 1 aromatic rings. The molecular weight excluding hydrogens is 169 g/mol. The topological polar surface area (TPSA) is 35.2 Å². The van der Waals surface area contributed by atoms with E-state index in [4.69, 9.17) is 10.5 Å². The van der Waals surface area contributed by atoms with Crippen LogP contribution in [0.15, 0.2) is 12.1 Å². The molecule has 1 aromatic carbocycles. The SMILES string of the molecule is COc1cc(C)c(F)cc1[C@@H](C)N. The minimum Gasteiger partial charge on any atom is -0.496 e. The third-order valence-corrected chi connectivity index (χ3v) is 2.00. The fraction of sp³-hybridized carbons (Fsp3) is 0.400. The van der Waals surface area contributed by atoms with E-state index in [1.54, 1.807) is 27.0 Å². The molecule has 0 aliphatic rings. The van der Waals surface area contributed by atoms with Crippen LogP contribution in [0.2, 0.25) is 0 Å². The van der Waals surface area contributed by atoms with Gasteiger partial charge < -0.3 is 10.5 Å². The van der Waals surface area contributed by atoms with Crippen molar-refractivity contribution in [2.75, 3.05) is 7.11 Å². The van der Waals surface area contributed by atoms with E-state index in [1.165, 1.54) is 6.07 Å². The lowest BCUT2D eigenvalue weighted by molar-refractivity contribution is 0.405. The van der Waals surface area contributed by atoms with E-state index in [9.17, 15) is 4.39 Å². The minimum absolute atomic E-state index is 0.218. The Morgan fingerprint density at radius 2 is 2.08 bits per heavy atom. The van der Waals surface area contributed by atoms with Crippen LogP contribution in [-0.2, 0) is 0 Å². The molecule has 72 valence electrons. The number of hydrogen-bond acceptors (Lipinski definition) is 2. The second-order valence-corrected chi connectivity index (χ2v) is 3.13. The fourth-order valence-corrected chi connectivity index (χ4v) is 1.20. The first-order valence-corrected chi connectivity index (χ1v) is 4.16. The maximum Gasteiger partial charge on any atom is 0.126 e. The molecule has 0 radical (unpaired) electrons. The molecule has 0 heterocycles. The van der Waals surface area contributed by atoms with E-state index < -0.39 is 0 Å². The summed E-state index contributed by atoms with van der Waals surface area (Å²) in [4.78, 5) is 0. The van der Waals surface area contributed by atoms with Crippen LogP contribution < -0.4 is 10.5 Å². The van der Waals surface area contributed by atoms with Gasteiger partial charge >= 0.3 is 0 Å². The average Bonchev–Trinajstić information content (AvgIpc) is 2.08. The van der Waals surface area contributed by atoms with Crippen LogP contribution in [0.25, 0.3) is 0 Å².